The van der Waals surface area contributed by atoms with Crippen LogP contribution in [0.3, 0.4) is 0 Å². The highest BCUT2D eigenvalue weighted by Gasteiger charge is 2.22. The minimum atomic E-state index is -3.33. The standard InChI is InChI=1S/C36H30BrNO7S/c1-46(42,43)29-18-11-24(12-19-29)23-44-33-20-17-27(37)21-31(33)36(41)38-32(22-35(39)40)26-15-13-25(14-16-26)30-9-5-6-10-34(30)45-28-7-3-2-4-8-28/h2-21,32H,22-23H2,1H3,(H,38,41)(H,39,40). The van der Waals surface area contributed by atoms with Crippen LogP contribution in [0, 0.1) is 0 Å². The number of carboxylic acids is 1. The Bertz CT molecular complexity index is 1950. The van der Waals surface area contributed by atoms with Crippen LogP contribution < -0.4 is 14.8 Å². The predicted octanol–water partition coefficient (Wildman–Crippen LogP) is 7.84. The van der Waals surface area contributed by atoms with Gasteiger partial charge in [0.15, 0.2) is 9.84 Å². The smallest absolute Gasteiger partial charge is 0.305 e. The number of nitrogens with one attached hydrogen (secondary N) is 1. The van der Waals surface area contributed by atoms with Crippen molar-refractivity contribution < 1.29 is 32.6 Å². The monoisotopic (exact) mass is 699 g/mol. The van der Waals surface area contributed by atoms with Crippen molar-refractivity contribution in [2.75, 3.05) is 6.26 Å². The average Bonchev–Trinajstić information content (AvgIpc) is 3.04. The summed E-state index contributed by atoms with van der Waals surface area (Å²) < 4.78 is 36.2. The molecule has 0 aliphatic heterocycles. The Morgan fingerprint density at radius 3 is 2.17 bits per heavy atom. The van der Waals surface area contributed by atoms with Crippen molar-refractivity contribution >= 4 is 37.6 Å². The second kappa shape index (κ2) is 14.4. The minimum absolute atomic E-state index is 0.0848. The Labute approximate surface area is 275 Å². The molecular formula is C36H30BrNO7S. The number of hydrogen-bond acceptors (Lipinski definition) is 6. The number of amides is 1. The number of ether oxygens (including phenoxy) is 2. The summed E-state index contributed by atoms with van der Waals surface area (Å²) in [6.07, 6.45) is 0.800. The SMILES string of the molecule is CS(=O)(=O)c1ccc(COc2ccc(Br)cc2C(=O)NC(CC(=O)O)c2ccc(-c3ccccc3Oc3ccccc3)cc2)cc1. The van der Waals surface area contributed by atoms with Crippen LogP contribution in [-0.2, 0) is 21.2 Å². The van der Waals surface area contributed by atoms with Crippen molar-refractivity contribution in [1.82, 2.24) is 5.32 Å². The molecule has 0 aromatic heterocycles. The van der Waals surface area contributed by atoms with E-state index in [0.29, 0.717) is 27.1 Å². The molecule has 1 amide bonds. The molecule has 0 aliphatic carbocycles. The van der Waals surface area contributed by atoms with Gasteiger partial charge in [-0.2, -0.15) is 0 Å². The summed E-state index contributed by atoms with van der Waals surface area (Å²) in [6.45, 7) is 0.0848. The maximum Gasteiger partial charge on any atom is 0.305 e. The maximum absolute atomic E-state index is 13.6. The zero-order valence-electron chi connectivity index (χ0n) is 24.7. The second-order valence-corrected chi connectivity index (χ2v) is 13.4. The number of carboxylic acid groups (broad SMARTS) is 1. The molecule has 8 nitrogen and oxygen atoms in total. The maximum atomic E-state index is 13.6. The third-order valence-corrected chi connectivity index (χ3v) is 8.72. The van der Waals surface area contributed by atoms with Gasteiger partial charge in [-0.15, -0.1) is 0 Å². The third kappa shape index (κ3) is 8.41. The fraction of sp³-hybridized carbons (Fsp3) is 0.111. The highest BCUT2D eigenvalue weighted by atomic mass is 79.9. The first kappa shape index (κ1) is 32.5. The molecule has 0 spiro atoms. The van der Waals surface area contributed by atoms with E-state index in [2.05, 4.69) is 21.2 Å². The van der Waals surface area contributed by atoms with Crippen molar-refractivity contribution in [1.29, 1.82) is 0 Å². The van der Waals surface area contributed by atoms with Gasteiger partial charge in [0.1, 0.15) is 23.9 Å². The van der Waals surface area contributed by atoms with E-state index in [1.807, 2.05) is 66.7 Å². The van der Waals surface area contributed by atoms with Gasteiger partial charge in [-0.3, -0.25) is 9.59 Å². The molecule has 5 aromatic carbocycles. The summed E-state index contributed by atoms with van der Waals surface area (Å²) in [6, 6.07) is 34.8. The van der Waals surface area contributed by atoms with Gasteiger partial charge in [-0.1, -0.05) is 88.7 Å². The van der Waals surface area contributed by atoms with Crippen LogP contribution in [0.15, 0.2) is 131 Å². The van der Waals surface area contributed by atoms with Gasteiger partial charge in [0.2, 0.25) is 0 Å². The van der Waals surface area contributed by atoms with Gasteiger partial charge in [0.25, 0.3) is 5.91 Å². The number of rotatable bonds is 12. The number of para-hydroxylation sites is 2. The number of halogens is 1. The van der Waals surface area contributed by atoms with Crippen LogP contribution in [0.5, 0.6) is 17.2 Å². The Kier molecular flexibility index (Phi) is 10.2. The molecule has 1 unspecified atom stereocenters. The van der Waals surface area contributed by atoms with Crippen LogP contribution in [-0.4, -0.2) is 31.7 Å². The second-order valence-electron chi connectivity index (χ2n) is 10.5. The molecule has 5 rings (SSSR count). The lowest BCUT2D eigenvalue weighted by molar-refractivity contribution is -0.137. The lowest BCUT2D eigenvalue weighted by atomic mass is 9.98. The molecule has 0 fully saturated rings. The predicted molar refractivity (Wildman–Crippen MR) is 179 cm³/mol. The van der Waals surface area contributed by atoms with Gasteiger partial charge in [-0.05, 0) is 65.2 Å². The summed E-state index contributed by atoms with van der Waals surface area (Å²) in [5.74, 6) is 0.0779. The van der Waals surface area contributed by atoms with Crippen molar-refractivity contribution in [3.8, 4) is 28.4 Å². The highest BCUT2D eigenvalue weighted by molar-refractivity contribution is 9.10. The zero-order valence-corrected chi connectivity index (χ0v) is 27.1. The van der Waals surface area contributed by atoms with Crippen LogP contribution in [0.1, 0.15) is 33.9 Å². The Balaban J connectivity index is 1.34. The number of benzene rings is 5. The summed E-state index contributed by atoms with van der Waals surface area (Å²) in [4.78, 5) is 25.6. The molecule has 0 saturated heterocycles. The zero-order chi connectivity index (χ0) is 32.7. The number of sulfone groups is 1. The molecule has 46 heavy (non-hydrogen) atoms. The van der Waals surface area contributed by atoms with E-state index >= 15 is 0 Å². The van der Waals surface area contributed by atoms with Gasteiger partial charge in [0.05, 0.1) is 22.9 Å². The van der Waals surface area contributed by atoms with E-state index in [1.165, 1.54) is 12.1 Å². The first-order valence-corrected chi connectivity index (χ1v) is 16.9. The van der Waals surface area contributed by atoms with Crippen LogP contribution in [0.25, 0.3) is 11.1 Å². The van der Waals surface area contributed by atoms with Gasteiger partial charge in [-0.25, -0.2) is 8.42 Å². The molecule has 0 heterocycles. The van der Waals surface area contributed by atoms with Crippen molar-refractivity contribution in [3.63, 3.8) is 0 Å². The molecule has 5 aromatic rings. The lowest BCUT2D eigenvalue weighted by Gasteiger charge is -2.20. The fourth-order valence-corrected chi connectivity index (χ4v) is 5.76. The first-order chi connectivity index (χ1) is 22.1. The third-order valence-electron chi connectivity index (χ3n) is 7.10. The van der Waals surface area contributed by atoms with Crippen LogP contribution >= 0.6 is 15.9 Å². The summed E-state index contributed by atoms with van der Waals surface area (Å²) in [5.41, 5.74) is 3.26. The van der Waals surface area contributed by atoms with Crippen LogP contribution in [0.2, 0.25) is 0 Å². The molecule has 0 radical (unpaired) electrons. The quantitative estimate of drug-likeness (QED) is 0.136. The fourth-order valence-electron chi connectivity index (χ4n) is 4.77. The Morgan fingerprint density at radius 2 is 1.50 bits per heavy atom. The molecular weight excluding hydrogens is 670 g/mol. The highest BCUT2D eigenvalue weighted by Crippen LogP contribution is 2.34. The summed E-state index contributed by atoms with van der Waals surface area (Å²) >= 11 is 3.40. The average molecular weight is 701 g/mol. The molecule has 1 atom stereocenters. The largest absolute Gasteiger partial charge is 0.488 e. The topological polar surface area (TPSA) is 119 Å². The summed E-state index contributed by atoms with van der Waals surface area (Å²) in [5, 5.41) is 12.5. The molecule has 234 valence electrons. The summed E-state index contributed by atoms with van der Waals surface area (Å²) in [7, 11) is -3.33. The Hall–Kier alpha value is -4.93. The van der Waals surface area contributed by atoms with Crippen molar-refractivity contribution in [2.45, 2.75) is 24.0 Å². The molecule has 10 heteroatoms. The van der Waals surface area contributed by atoms with Crippen molar-refractivity contribution in [2.24, 2.45) is 0 Å². The van der Waals surface area contributed by atoms with E-state index in [9.17, 15) is 23.1 Å². The molecule has 0 bridgehead atoms. The van der Waals surface area contributed by atoms with E-state index in [4.69, 9.17) is 9.47 Å². The van der Waals surface area contributed by atoms with Crippen LogP contribution in [0.4, 0.5) is 0 Å². The number of hydrogen-bond donors (Lipinski definition) is 2. The molecule has 2 N–H and O–H groups in total. The van der Waals surface area contributed by atoms with Gasteiger partial charge >= 0.3 is 5.97 Å². The van der Waals surface area contributed by atoms with Crippen molar-refractivity contribution in [3.05, 3.63) is 142 Å². The first-order valence-electron chi connectivity index (χ1n) is 14.2. The van der Waals surface area contributed by atoms with E-state index in [0.717, 1.165) is 17.4 Å². The van der Waals surface area contributed by atoms with E-state index in [1.54, 1.807) is 42.5 Å². The van der Waals surface area contributed by atoms with Gasteiger partial charge < -0.3 is 19.9 Å². The number of carbonyl (C=O) groups excluding carboxylic acids is 1. The number of carbonyl (C=O) groups is 2. The normalized spacial score (nSPS) is 11.8. The van der Waals surface area contributed by atoms with Gasteiger partial charge in [0, 0.05) is 16.3 Å². The van der Waals surface area contributed by atoms with E-state index in [-0.39, 0.29) is 29.2 Å². The lowest BCUT2D eigenvalue weighted by Crippen LogP contribution is -2.30. The number of aliphatic carboxylic acids is 1. The Morgan fingerprint density at radius 1 is 0.826 bits per heavy atom. The molecule has 0 saturated carbocycles. The van der Waals surface area contributed by atoms with E-state index < -0.39 is 27.8 Å². The minimum Gasteiger partial charge on any atom is -0.488 e. The molecule has 0 aliphatic rings.